The van der Waals surface area contributed by atoms with Gasteiger partial charge in [0.15, 0.2) is 0 Å². The van der Waals surface area contributed by atoms with Crippen molar-refractivity contribution in [3.05, 3.63) is 58.1 Å². The number of ether oxygens (including phenoxy) is 1. The molecule has 0 radical (unpaired) electrons. The topological polar surface area (TPSA) is 76.4 Å². The zero-order chi connectivity index (χ0) is 18.3. The van der Waals surface area contributed by atoms with Gasteiger partial charge in [0.05, 0.1) is 18.4 Å². The molecule has 26 heavy (non-hydrogen) atoms. The molecule has 3 aromatic rings. The first-order valence-electron chi connectivity index (χ1n) is 8.12. The third kappa shape index (κ3) is 2.74. The van der Waals surface area contributed by atoms with Crippen molar-refractivity contribution in [3.63, 3.8) is 0 Å². The van der Waals surface area contributed by atoms with Gasteiger partial charge in [0, 0.05) is 22.1 Å². The van der Waals surface area contributed by atoms with Gasteiger partial charge >= 0.3 is 5.97 Å². The monoisotopic (exact) mass is 413 g/mol. The molecule has 4 rings (SSSR count). The highest BCUT2D eigenvalue weighted by Gasteiger charge is 2.26. The highest BCUT2D eigenvalue weighted by Crippen LogP contribution is 2.39. The van der Waals surface area contributed by atoms with Crippen LogP contribution in [0.1, 0.15) is 15.9 Å². The molecule has 1 aromatic heterocycles. The summed E-state index contributed by atoms with van der Waals surface area (Å²) in [6.07, 6.45) is 0.846. The molecule has 1 aliphatic heterocycles. The van der Waals surface area contributed by atoms with Crippen LogP contribution in [0.2, 0.25) is 0 Å². The number of methoxy groups -OCH3 is 1. The number of hydrogen-bond acceptors (Lipinski definition) is 4. The van der Waals surface area contributed by atoms with Crippen molar-refractivity contribution in [1.82, 2.24) is 9.78 Å². The Morgan fingerprint density at radius 1 is 1.31 bits per heavy atom. The van der Waals surface area contributed by atoms with E-state index in [0.29, 0.717) is 5.69 Å². The van der Waals surface area contributed by atoms with E-state index in [0.717, 1.165) is 45.8 Å². The number of nitrogens with one attached hydrogen (secondary N) is 1. The van der Waals surface area contributed by atoms with Crippen molar-refractivity contribution in [1.29, 1.82) is 0 Å². The van der Waals surface area contributed by atoms with E-state index in [1.807, 2.05) is 24.3 Å². The summed E-state index contributed by atoms with van der Waals surface area (Å²) < 4.78 is 8.22. The largest absolute Gasteiger partial charge is 0.496 e. The van der Waals surface area contributed by atoms with Gasteiger partial charge in [0.25, 0.3) is 0 Å². The third-order valence-electron chi connectivity index (χ3n) is 4.41. The maximum absolute atomic E-state index is 11.3. The van der Waals surface area contributed by atoms with Crippen LogP contribution in [0.3, 0.4) is 0 Å². The van der Waals surface area contributed by atoms with Crippen molar-refractivity contribution < 1.29 is 14.6 Å². The van der Waals surface area contributed by atoms with E-state index in [1.165, 1.54) is 0 Å². The van der Waals surface area contributed by atoms with Crippen molar-refractivity contribution in [3.8, 4) is 22.7 Å². The molecular formula is C19H16BrN3O3. The number of benzene rings is 2. The molecule has 0 atom stereocenters. The molecule has 132 valence electrons. The standard InChI is InChI=1S/C19H16BrN3O3/c1-26-16-6-5-12(20)10-15(16)17-14-7-8-21-18(14)23(22-17)13-4-2-3-11(9-13)19(24)25/h2-6,9-10,21H,7-8H2,1H3,(H,24,25). The second kappa shape index (κ2) is 6.49. The molecule has 0 saturated heterocycles. The zero-order valence-corrected chi connectivity index (χ0v) is 15.6. The van der Waals surface area contributed by atoms with E-state index in [-0.39, 0.29) is 5.56 Å². The zero-order valence-electron chi connectivity index (χ0n) is 14.0. The molecular weight excluding hydrogens is 398 g/mol. The minimum atomic E-state index is -0.961. The summed E-state index contributed by atoms with van der Waals surface area (Å²) in [6.45, 7) is 0.815. The number of aromatic nitrogens is 2. The molecule has 0 saturated carbocycles. The summed E-state index contributed by atoms with van der Waals surface area (Å²) in [4.78, 5) is 11.3. The van der Waals surface area contributed by atoms with Gasteiger partial charge < -0.3 is 15.2 Å². The molecule has 0 unspecified atom stereocenters. The summed E-state index contributed by atoms with van der Waals surface area (Å²) in [6, 6.07) is 12.6. The number of halogens is 1. The van der Waals surface area contributed by atoms with Gasteiger partial charge in [-0.05, 0) is 42.8 Å². The fraction of sp³-hybridized carbons (Fsp3) is 0.158. The van der Waals surface area contributed by atoms with E-state index >= 15 is 0 Å². The lowest BCUT2D eigenvalue weighted by Crippen LogP contribution is -2.06. The molecule has 2 aromatic carbocycles. The Morgan fingerprint density at radius 3 is 2.92 bits per heavy atom. The van der Waals surface area contributed by atoms with Gasteiger partial charge in [0.2, 0.25) is 0 Å². The first-order chi connectivity index (χ1) is 12.6. The van der Waals surface area contributed by atoms with Gasteiger partial charge in [-0.1, -0.05) is 22.0 Å². The number of carboxylic acids is 1. The molecule has 7 heteroatoms. The highest BCUT2D eigenvalue weighted by molar-refractivity contribution is 9.10. The molecule has 0 aliphatic carbocycles. The molecule has 0 spiro atoms. The first-order valence-corrected chi connectivity index (χ1v) is 8.91. The lowest BCUT2D eigenvalue weighted by atomic mass is 10.1. The van der Waals surface area contributed by atoms with E-state index in [1.54, 1.807) is 30.0 Å². The van der Waals surface area contributed by atoms with Crippen LogP contribution in [0.15, 0.2) is 46.9 Å². The number of hydrogen-bond donors (Lipinski definition) is 2. The summed E-state index contributed by atoms with van der Waals surface area (Å²) in [5, 5.41) is 17.4. The smallest absolute Gasteiger partial charge is 0.335 e. The number of carboxylic acid groups (broad SMARTS) is 1. The number of fused-ring (bicyclic) bond motifs is 1. The highest BCUT2D eigenvalue weighted by atomic mass is 79.9. The predicted molar refractivity (Wildman–Crippen MR) is 102 cm³/mol. The molecule has 0 fully saturated rings. The average molecular weight is 414 g/mol. The molecule has 2 heterocycles. The number of carbonyl (C=O) groups is 1. The first kappa shape index (κ1) is 16.7. The van der Waals surface area contributed by atoms with E-state index in [2.05, 4.69) is 21.2 Å². The number of aromatic carboxylic acids is 1. The normalized spacial score (nSPS) is 12.5. The lowest BCUT2D eigenvalue weighted by molar-refractivity contribution is 0.0697. The Hall–Kier alpha value is -2.80. The Kier molecular flexibility index (Phi) is 4.16. The maximum Gasteiger partial charge on any atom is 0.335 e. The summed E-state index contributed by atoms with van der Waals surface area (Å²) in [5.74, 6) is 0.675. The predicted octanol–water partition coefficient (Wildman–Crippen LogP) is 3.98. The van der Waals surface area contributed by atoms with Crippen LogP contribution in [0.25, 0.3) is 16.9 Å². The van der Waals surface area contributed by atoms with Crippen LogP contribution in [0.4, 0.5) is 5.82 Å². The average Bonchev–Trinajstić information content (AvgIpc) is 3.24. The quantitative estimate of drug-likeness (QED) is 0.676. The SMILES string of the molecule is COc1ccc(Br)cc1-c1nn(-c2cccc(C(=O)O)c2)c2c1CCN2. The molecule has 6 nitrogen and oxygen atoms in total. The Labute approximate surface area is 158 Å². The van der Waals surface area contributed by atoms with Gasteiger partial charge in [0.1, 0.15) is 17.3 Å². The summed E-state index contributed by atoms with van der Waals surface area (Å²) in [5.41, 5.74) is 3.77. The third-order valence-corrected chi connectivity index (χ3v) is 4.90. The number of nitrogens with zero attached hydrogens (tertiary/aromatic N) is 2. The number of anilines is 1. The van der Waals surface area contributed by atoms with Gasteiger partial charge in [-0.3, -0.25) is 0 Å². The van der Waals surface area contributed by atoms with Gasteiger partial charge in [-0.15, -0.1) is 0 Å². The summed E-state index contributed by atoms with van der Waals surface area (Å²) >= 11 is 3.51. The van der Waals surface area contributed by atoms with Crippen LogP contribution < -0.4 is 10.1 Å². The Bertz CT molecular complexity index is 1010. The van der Waals surface area contributed by atoms with Crippen LogP contribution in [0.5, 0.6) is 5.75 Å². The van der Waals surface area contributed by atoms with Crippen molar-refractivity contribution in [2.24, 2.45) is 0 Å². The van der Waals surface area contributed by atoms with Crippen LogP contribution in [-0.2, 0) is 6.42 Å². The second-order valence-corrected chi connectivity index (χ2v) is 6.88. The fourth-order valence-electron chi connectivity index (χ4n) is 3.21. The molecule has 0 amide bonds. The molecule has 0 bridgehead atoms. The van der Waals surface area contributed by atoms with Crippen molar-refractivity contribution >= 4 is 27.7 Å². The Morgan fingerprint density at radius 2 is 2.15 bits per heavy atom. The van der Waals surface area contributed by atoms with Crippen LogP contribution >= 0.6 is 15.9 Å². The summed E-state index contributed by atoms with van der Waals surface area (Å²) in [7, 11) is 1.64. The van der Waals surface area contributed by atoms with Gasteiger partial charge in [-0.25, -0.2) is 9.48 Å². The van der Waals surface area contributed by atoms with Crippen LogP contribution in [0, 0.1) is 0 Å². The minimum absolute atomic E-state index is 0.228. The second-order valence-electron chi connectivity index (χ2n) is 5.96. The maximum atomic E-state index is 11.3. The lowest BCUT2D eigenvalue weighted by Gasteiger charge is -2.09. The molecule has 2 N–H and O–H groups in total. The Balaban J connectivity index is 1.91. The fourth-order valence-corrected chi connectivity index (χ4v) is 3.57. The minimum Gasteiger partial charge on any atom is -0.496 e. The number of rotatable bonds is 4. The van der Waals surface area contributed by atoms with Crippen LogP contribution in [-0.4, -0.2) is 34.5 Å². The van der Waals surface area contributed by atoms with E-state index < -0.39 is 5.97 Å². The van der Waals surface area contributed by atoms with E-state index in [9.17, 15) is 9.90 Å². The van der Waals surface area contributed by atoms with Crippen molar-refractivity contribution in [2.75, 3.05) is 19.0 Å². The van der Waals surface area contributed by atoms with Crippen molar-refractivity contribution in [2.45, 2.75) is 6.42 Å². The molecule has 1 aliphatic rings. The van der Waals surface area contributed by atoms with Gasteiger partial charge in [-0.2, -0.15) is 5.10 Å². The van der Waals surface area contributed by atoms with E-state index in [4.69, 9.17) is 9.84 Å².